The average Bonchev–Trinajstić information content (AvgIpc) is 2.74. The zero-order valence-corrected chi connectivity index (χ0v) is 17.0. The predicted octanol–water partition coefficient (Wildman–Crippen LogP) is 4.70. The Bertz CT molecular complexity index is 1030. The van der Waals surface area contributed by atoms with E-state index in [4.69, 9.17) is 0 Å². The average molecular weight is 404 g/mol. The number of benzene rings is 1. The number of nitrogens with one attached hydrogen (secondary N) is 1. The van der Waals surface area contributed by atoms with E-state index in [0.717, 1.165) is 36.0 Å². The number of aromatic nitrogens is 2. The minimum Gasteiger partial charge on any atom is -0.357 e. The molecule has 1 aliphatic heterocycles. The number of pyridine rings is 2. The third-order valence-electron chi connectivity index (χ3n) is 5.47. The maximum Gasteiger partial charge on any atom is 0.229 e. The molecule has 1 aromatic carbocycles. The van der Waals surface area contributed by atoms with E-state index < -0.39 is 0 Å². The monoisotopic (exact) mass is 404 g/mol. The van der Waals surface area contributed by atoms with E-state index >= 15 is 0 Å². The molecule has 3 heterocycles. The smallest absolute Gasteiger partial charge is 0.229 e. The van der Waals surface area contributed by atoms with Gasteiger partial charge in [-0.3, -0.25) is 4.79 Å². The molecule has 1 amide bonds. The van der Waals surface area contributed by atoms with Gasteiger partial charge in [-0.1, -0.05) is 19.1 Å². The standard InChI is InChI=1S/C24H25FN4O/c1-17-7-11-29(12-8-17)23-16-20(6-10-27-23)19-5-9-26-22(15-19)28-24(30)14-18-3-2-4-21(25)13-18/h2-6,9-10,13,15-17H,7-8,11-12,14H2,1H3,(H,26,28,30). The normalized spacial score (nSPS) is 14.5. The van der Waals surface area contributed by atoms with Crippen molar-refractivity contribution < 1.29 is 9.18 Å². The number of hydrogen-bond acceptors (Lipinski definition) is 4. The molecule has 0 atom stereocenters. The van der Waals surface area contributed by atoms with E-state index in [1.165, 1.54) is 25.0 Å². The molecule has 1 saturated heterocycles. The number of rotatable bonds is 5. The Kier molecular flexibility index (Phi) is 6.02. The van der Waals surface area contributed by atoms with Gasteiger partial charge in [-0.15, -0.1) is 0 Å². The van der Waals surface area contributed by atoms with Crippen LogP contribution in [0.25, 0.3) is 11.1 Å². The summed E-state index contributed by atoms with van der Waals surface area (Å²) in [6.07, 6.45) is 5.96. The van der Waals surface area contributed by atoms with Gasteiger partial charge in [-0.25, -0.2) is 14.4 Å². The van der Waals surface area contributed by atoms with E-state index in [0.29, 0.717) is 11.4 Å². The lowest BCUT2D eigenvalue weighted by atomic mass is 9.99. The summed E-state index contributed by atoms with van der Waals surface area (Å²) < 4.78 is 13.3. The molecule has 2 aromatic heterocycles. The molecule has 0 spiro atoms. The van der Waals surface area contributed by atoms with Crippen LogP contribution in [0.2, 0.25) is 0 Å². The van der Waals surface area contributed by atoms with E-state index in [-0.39, 0.29) is 18.1 Å². The quantitative estimate of drug-likeness (QED) is 0.670. The van der Waals surface area contributed by atoms with Crippen LogP contribution in [0.4, 0.5) is 16.0 Å². The number of hydrogen-bond donors (Lipinski definition) is 1. The van der Waals surface area contributed by atoms with Gasteiger partial charge in [0.05, 0.1) is 6.42 Å². The summed E-state index contributed by atoms with van der Waals surface area (Å²) in [6.45, 7) is 4.34. The number of anilines is 2. The third kappa shape index (κ3) is 5.00. The Balaban J connectivity index is 1.46. The molecule has 0 saturated carbocycles. The minimum atomic E-state index is -0.350. The van der Waals surface area contributed by atoms with Crippen LogP contribution in [0.5, 0.6) is 0 Å². The van der Waals surface area contributed by atoms with Crippen LogP contribution in [0.15, 0.2) is 60.9 Å². The molecular weight excluding hydrogens is 379 g/mol. The molecular formula is C24H25FN4O. The van der Waals surface area contributed by atoms with Crippen molar-refractivity contribution in [2.75, 3.05) is 23.3 Å². The van der Waals surface area contributed by atoms with Crippen molar-refractivity contribution in [1.82, 2.24) is 9.97 Å². The lowest BCUT2D eigenvalue weighted by Crippen LogP contribution is -2.33. The maximum absolute atomic E-state index is 13.3. The maximum atomic E-state index is 13.3. The first-order chi connectivity index (χ1) is 14.6. The van der Waals surface area contributed by atoms with Crippen LogP contribution >= 0.6 is 0 Å². The first kappa shape index (κ1) is 20.0. The summed E-state index contributed by atoms with van der Waals surface area (Å²) in [5.41, 5.74) is 2.61. The number of halogens is 1. The van der Waals surface area contributed by atoms with Crippen LogP contribution in [0, 0.1) is 11.7 Å². The largest absolute Gasteiger partial charge is 0.357 e. The van der Waals surface area contributed by atoms with Crippen molar-refractivity contribution in [3.8, 4) is 11.1 Å². The molecule has 5 nitrogen and oxygen atoms in total. The number of amides is 1. The molecule has 4 rings (SSSR count). The van der Waals surface area contributed by atoms with Crippen molar-refractivity contribution in [2.24, 2.45) is 5.92 Å². The van der Waals surface area contributed by atoms with Gasteiger partial charge in [0.25, 0.3) is 0 Å². The Morgan fingerprint density at radius 1 is 1.07 bits per heavy atom. The van der Waals surface area contributed by atoms with Gasteiger partial charge in [0.15, 0.2) is 0 Å². The van der Waals surface area contributed by atoms with Crippen molar-refractivity contribution in [2.45, 2.75) is 26.2 Å². The van der Waals surface area contributed by atoms with Crippen LogP contribution in [-0.2, 0) is 11.2 Å². The zero-order valence-electron chi connectivity index (χ0n) is 17.0. The zero-order chi connectivity index (χ0) is 20.9. The molecule has 0 bridgehead atoms. The van der Waals surface area contributed by atoms with Crippen molar-refractivity contribution in [3.63, 3.8) is 0 Å². The molecule has 0 radical (unpaired) electrons. The van der Waals surface area contributed by atoms with Crippen LogP contribution < -0.4 is 10.2 Å². The molecule has 0 unspecified atom stereocenters. The second-order valence-corrected chi connectivity index (χ2v) is 7.86. The molecule has 154 valence electrons. The SMILES string of the molecule is CC1CCN(c2cc(-c3ccnc(NC(=O)Cc4cccc(F)c4)c3)ccn2)CC1. The van der Waals surface area contributed by atoms with Gasteiger partial charge in [0.1, 0.15) is 17.5 Å². The number of piperidine rings is 1. The molecule has 1 N–H and O–H groups in total. The van der Waals surface area contributed by atoms with E-state index in [9.17, 15) is 9.18 Å². The fourth-order valence-corrected chi connectivity index (χ4v) is 3.71. The highest BCUT2D eigenvalue weighted by molar-refractivity contribution is 5.92. The van der Waals surface area contributed by atoms with Gasteiger partial charge < -0.3 is 10.2 Å². The first-order valence-corrected chi connectivity index (χ1v) is 10.3. The van der Waals surface area contributed by atoms with E-state index in [2.05, 4.69) is 33.2 Å². The topological polar surface area (TPSA) is 58.1 Å². The third-order valence-corrected chi connectivity index (χ3v) is 5.47. The van der Waals surface area contributed by atoms with Crippen LogP contribution in [-0.4, -0.2) is 29.0 Å². The number of carbonyl (C=O) groups excluding carboxylic acids is 1. The highest BCUT2D eigenvalue weighted by Gasteiger charge is 2.17. The summed E-state index contributed by atoms with van der Waals surface area (Å²) in [5, 5.41) is 2.80. The molecule has 1 aliphatic rings. The van der Waals surface area contributed by atoms with Gasteiger partial charge in [0.2, 0.25) is 5.91 Å². The second kappa shape index (κ2) is 9.03. The van der Waals surface area contributed by atoms with Gasteiger partial charge in [-0.05, 0) is 71.8 Å². The molecule has 0 aliphatic carbocycles. The molecule has 3 aromatic rings. The van der Waals surface area contributed by atoms with Crippen molar-refractivity contribution in [1.29, 1.82) is 0 Å². The summed E-state index contributed by atoms with van der Waals surface area (Å²) in [7, 11) is 0. The van der Waals surface area contributed by atoms with Crippen molar-refractivity contribution in [3.05, 3.63) is 72.3 Å². The first-order valence-electron chi connectivity index (χ1n) is 10.3. The molecule has 6 heteroatoms. The van der Waals surface area contributed by atoms with Gasteiger partial charge in [0, 0.05) is 25.5 Å². The summed E-state index contributed by atoms with van der Waals surface area (Å²) in [6, 6.07) is 13.9. The van der Waals surface area contributed by atoms with Crippen LogP contribution in [0.1, 0.15) is 25.3 Å². The highest BCUT2D eigenvalue weighted by atomic mass is 19.1. The van der Waals surface area contributed by atoms with Crippen molar-refractivity contribution >= 4 is 17.5 Å². The number of nitrogens with zero attached hydrogens (tertiary/aromatic N) is 3. The molecule has 30 heavy (non-hydrogen) atoms. The molecule has 1 fully saturated rings. The highest BCUT2D eigenvalue weighted by Crippen LogP contribution is 2.27. The lowest BCUT2D eigenvalue weighted by molar-refractivity contribution is -0.115. The Morgan fingerprint density at radius 2 is 1.80 bits per heavy atom. The summed E-state index contributed by atoms with van der Waals surface area (Å²) in [4.78, 5) is 23.5. The van der Waals surface area contributed by atoms with E-state index in [1.54, 1.807) is 18.3 Å². The lowest BCUT2D eigenvalue weighted by Gasteiger charge is -2.31. The minimum absolute atomic E-state index is 0.0937. The van der Waals surface area contributed by atoms with Gasteiger partial charge in [-0.2, -0.15) is 0 Å². The number of carbonyl (C=O) groups is 1. The summed E-state index contributed by atoms with van der Waals surface area (Å²) in [5.74, 6) is 1.63. The fourth-order valence-electron chi connectivity index (χ4n) is 3.71. The fraction of sp³-hybridized carbons (Fsp3) is 0.292. The Morgan fingerprint density at radius 3 is 2.57 bits per heavy atom. The Labute approximate surface area is 176 Å². The van der Waals surface area contributed by atoms with Gasteiger partial charge >= 0.3 is 0 Å². The Hall–Kier alpha value is -3.28. The van der Waals surface area contributed by atoms with E-state index in [1.807, 2.05) is 24.4 Å². The summed E-state index contributed by atoms with van der Waals surface area (Å²) >= 11 is 0. The predicted molar refractivity (Wildman–Crippen MR) is 117 cm³/mol. The van der Waals surface area contributed by atoms with Crippen LogP contribution in [0.3, 0.4) is 0 Å². The second-order valence-electron chi connectivity index (χ2n) is 7.86.